The van der Waals surface area contributed by atoms with Crippen LogP contribution < -0.4 is 10.6 Å². The number of hydrogen-bond donors (Lipinski definition) is 2. The zero-order valence-electron chi connectivity index (χ0n) is 10.1. The molecule has 0 aliphatic heterocycles. The van der Waals surface area contributed by atoms with Gasteiger partial charge in [0.25, 0.3) is 0 Å². The number of carbonyl (C=O) groups is 1. The average Bonchev–Trinajstić information content (AvgIpc) is 2.20. The van der Waals surface area contributed by atoms with Gasteiger partial charge in [0.05, 0.1) is 0 Å². The largest absolute Gasteiger partial charge is 0.337 e. The van der Waals surface area contributed by atoms with E-state index >= 15 is 0 Å². The molecule has 2 N–H and O–H groups in total. The summed E-state index contributed by atoms with van der Waals surface area (Å²) >= 11 is 0. The summed E-state index contributed by atoms with van der Waals surface area (Å²) in [7, 11) is 0. The highest BCUT2D eigenvalue weighted by Gasteiger charge is 2.12. The van der Waals surface area contributed by atoms with Crippen LogP contribution in [0.1, 0.15) is 20.8 Å². The first-order chi connectivity index (χ1) is 7.78. The van der Waals surface area contributed by atoms with Gasteiger partial charge in [-0.3, -0.25) is 0 Å². The van der Waals surface area contributed by atoms with E-state index in [2.05, 4.69) is 10.6 Å². The van der Waals surface area contributed by atoms with Crippen molar-refractivity contribution in [2.75, 3.05) is 11.9 Å². The molecule has 0 bridgehead atoms. The number of nitrogens with one attached hydrogen (secondary N) is 2. The summed E-state index contributed by atoms with van der Waals surface area (Å²) in [5.74, 6) is -1.93. The van der Waals surface area contributed by atoms with E-state index in [1.165, 1.54) is 6.07 Å². The molecule has 1 aromatic carbocycles. The number of hydrogen-bond acceptors (Lipinski definition) is 1. The number of rotatable bonds is 2. The lowest BCUT2D eigenvalue weighted by Crippen LogP contribution is -2.35. The fourth-order valence-electron chi connectivity index (χ4n) is 1.09. The van der Waals surface area contributed by atoms with Crippen molar-refractivity contribution in [3.05, 3.63) is 29.8 Å². The molecule has 94 valence electrons. The lowest BCUT2D eigenvalue weighted by atomic mass is 9.97. The van der Waals surface area contributed by atoms with Crippen LogP contribution in [0.2, 0.25) is 0 Å². The van der Waals surface area contributed by atoms with Crippen molar-refractivity contribution < 1.29 is 13.6 Å². The quantitative estimate of drug-likeness (QED) is 0.821. The number of urea groups is 1. The molecule has 1 aromatic rings. The zero-order chi connectivity index (χ0) is 13.1. The molecule has 0 unspecified atom stereocenters. The van der Waals surface area contributed by atoms with E-state index in [0.717, 1.165) is 12.1 Å². The van der Waals surface area contributed by atoms with Crippen molar-refractivity contribution in [2.45, 2.75) is 20.8 Å². The number of benzene rings is 1. The summed E-state index contributed by atoms with van der Waals surface area (Å²) in [5, 5.41) is 5.06. The second-order valence-electron chi connectivity index (χ2n) is 5.00. The average molecular weight is 242 g/mol. The molecular formula is C12H16F2N2O. The summed E-state index contributed by atoms with van der Waals surface area (Å²) in [5.41, 5.74) is 0.182. The van der Waals surface area contributed by atoms with Gasteiger partial charge in [-0.2, -0.15) is 0 Å². The van der Waals surface area contributed by atoms with Crippen molar-refractivity contribution in [1.29, 1.82) is 0 Å². The number of halogens is 2. The molecule has 0 saturated heterocycles. The van der Waals surface area contributed by atoms with Gasteiger partial charge in [-0.25, -0.2) is 13.6 Å². The fourth-order valence-corrected chi connectivity index (χ4v) is 1.09. The Hall–Kier alpha value is -1.65. The second-order valence-corrected chi connectivity index (χ2v) is 5.00. The van der Waals surface area contributed by atoms with Crippen molar-refractivity contribution in [3.63, 3.8) is 0 Å². The van der Waals surface area contributed by atoms with Gasteiger partial charge in [0, 0.05) is 18.3 Å². The maximum absolute atomic E-state index is 12.9. The van der Waals surface area contributed by atoms with Crippen LogP contribution in [0.3, 0.4) is 0 Å². The van der Waals surface area contributed by atoms with E-state index in [1.807, 2.05) is 20.8 Å². The topological polar surface area (TPSA) is 41.1 Å². The molecule has 2 amide bonds. The number of amides is 2. The highest BCUT2D eigenvalue weighted by atomic mass is 19.2. The standard InChI is InChI=1S/C12H16F2N2O/c1-12(2,3)7-15-11(17)16-8-4-5-9(13)10(14)6-8/h4-6H,7H2,1-3H3,(H2,15,16,17). The van der Waals surface area contributed by atoms with E-state index < -0.39 is 17.7 Å². The molecule has 0 fully saturated rings. The van der Waals surface area contributed by atoms with Gasteiger partial charge in [0.1, 0.15) is 0 Å². The van der Waals surface area contributed by atoms with Crippen LogP contribution in [0, 0.1) is 17.0 Å². The number of anilines is 1. The smallest absolute Gasteiger partial charge is 0.319 e. The molecule has 0 aliphatic carbocycles. The highest BCUT2D eigenvalue weighted by molar-refractivity contribution is 5.89. The molecule has 0 atom stereocenters. The van der Waals surface area contributed by atoms with E-state index in [0.29, 0.717) is 6.54 Å². The third kappa shape index (κ3) is 4.80. The molecule has 3 nitrogen and oxygen atoms in total. The SMILES string of the molecule is CC(C)(C)CNC(=O)Nc1ccc(F)c(F)c1. The highest BCUT2D eigenvalue weighted by Crippen LogP contribution is 2.13. The van der Waals surface area contributed by atoms with Crippen molar-refractivity contribution >= 4 is 11.7 Å². The predicted octanol–water partition coefficient (Wildman–Crippen LogP) is 3.13. The number of carbonyl (C=O) groups excluding carboxylic acids is 1. The zero-order valence-corrected chi connectivity index (χ0v) is 10.1. The normalized spacial score (nSPS) is 11.1. The van der Waals surface area contributed by atoms with Crippen molar-refractivity contribution in [3.8, 4) is 0 Å². The van der Waals surface area contributed by atoms with E-state index in [4.69, 9.17) is 0 Å². The van der Waals surface area contributed by atoms with Gasteiger partial charge in [-0.1, -0.05) is 20.8 Å². The third-order valence-corrected chi connectivity index (χ3v) is 1.96. The maximum Gasteiger partial charge on any atom is 0.319 e. The molecule has 5 heteroatoms. The van der Waals surface area contributed by atoms with Crippen molar-refractivity contribution in [1.82, 2.24) is 5.32 Å². The Labute approximate surface area is 99.2 Å². The summed E-state index contributed by atoms with van der Waals surface area (Å²) in [6.07, 6.45) is 0. The predicted molar refractivity (Wildman–Crippen MR) is 62.8 cm³/mol. The molecule has 17 heavy (non-hydrogen) atoms. The Bertz CT molecular complexity index is 413. The summed E-state index contributed by atoms with van der Waals surface area (Å²) in [6, 6.07) is 2.77. The Morgan fingerprint density at radius 1 is 1.24 bits per heavy atom. The third-order valence-electron chi connectivity index (χ3n) is 1.96. The van der Waals surface area contributed by atoms with Gasteiger partial charge in [-0.05, 0) is 17.5 Å². The van der Waals surface area contributed by atoms with Gasteiger partial charge < -0.3 is 10.6 Å². The Kier molecular flexibility index (Phi) is 4.04. The Balaban J connectivity index is 2.54. The summed E-state index contributed by atoms with van der Waals surface area (Å²) in [4.78, 5) is 11.4. The van der Waals surface area contributed by atoms with Gasteiger partial charge in [-0.15, -0.1) is 0 Å². The van der Waals surface area contributed by atoms with Crippen LogP contribution in [-0.4, -0.2) is 12.6 Å². The lowest BCUT2D eigenvalue weighted by molar-refractivity contribution is 0.247. The monoisotopic (exact) mass is 242 g/mol. The van der Waals surface area contributed by atoms with E-state index in [-0.39, 0.29) is 11.1 Å². The first-order valence-electron chi connectivity index (χ1n) is 5.28. The van der Waals surface area contributed by atoms with Crippen LogP contribution >= 0.6 is 0 Å². The van der Waals surface area contributed by atoms with Crippen LogP contribution in [-0.2, 0) is 0 Å². The van der Waals surface area contributed by atoms with Crippen LogP contribution in [0.4, 0.5) is 19.3 Å². The summed E-state index contributed by atoms with van der Waals surface area (Å²) in [6.45, 7) is 6.42. The lowest BCUT2D eigenvalue weighted by Gasteiger charge is -2.18. The van der Waals surface area contributed by atoms with Crippen LogP contribution in [0.5, 0.6) is 0 Å². The van der Waals surface area contributed by atoms with E-state index in [1.54, 1.807) is 0 Å². The minimum absolute atomic E-state index is 0.0363. The van der Waals surface area contributed by atoms with E-state index in [9.17, 15) is 13.6 Å². The Morgan fingerprint density at radius 3 is 2.41 bits per heavy atom. The van der Waals surface area contributed by atoms with Gasteiger partial charge in [0.15, 0.2) is 11.6 Å². The van der Waals surface area contributed by atoms with Gasteiger partial charge >= 0.3 is 6.03 Å². The van der Waals surface area contributed by atoms with Crippen LogP contribution in [0.25, 0.3) is 0 Å². The van der Waals surface area contributed by atoms with Crippen molar-refractivity contribution in [2.24, 2.45) is 5.41 Å². The molecule has 0 aromatic heterocycles. The molecule has 0 spiro atoms. The minimum atomic E-state index is -0.987. The molecule has 0 heterocycles. The summed E-state index contributed by atoms with van der Waals surface area (Å²) < 4.78 is 25.5. The van der Waals surface area contributed by atoms with Crippen LogP contribution in [0.15, 0.2) is 18.2 Å². The maximum atomic E-state index is 12.9. The first-order valence-corrected chi connectivity index (χ1v) is 5.28. The second kappa shape index (κ2) is 5.12. The van der Waals surface area contributed by atoms with Gasteiger partial charge in [0.2, 0.25) is 0 Å². The molecule has 0 saturated carbocycles. The molecule has 0 radical (unpaired) electrons. The Morgan fingerprint density at radius 2 is 1.88 bits per heavy atom. The molecular weight excluding hydrogens is 226 g/mol. The fraction of sp³-hybridized carbons (Fsp3) is 0.417. The minimum Gasteiger partial charge on any atom is -0.337 e. The molecule has 0 aliphatic rings. The molecule has 1 rings (SSSR count). The first kappa shape index (κ1) is 13.4.